The average Bonchev–Trinajstić information content (AvgIpc) is 3.39. The van der Waals surface area contributed by atoms with Crippen molar-refractivity contribution < 1.29 is 20.1 Å². The Bertz CT molecular complexity index is 1170. The molecule has 2 saturated carbocycles. The highest BCUT2D eigenvalue weighted by Gasteiger charge is 2.45. The number of carboxylic acid groups (broad SMARTS) is 1. The molecule has 2 aliphatic carbocycles. The topological polar surface area (TPSA) is 146 Å². The van der Waals surface area contributed by atoms with E-state index in [9.17, 15) is 15.0 Å². The summed E-state index contributed by atoms with van der Waals surface area (Å²) >= 11 is 1.54. The summed E-state index contributed by atoms with van der Waals surface area (Å²) in [6, 6.07) is 9.95. The van der Waals surface area contributed by atoms with E-state index in [0.717, 1.165) is 18.6 Å². The van der Waals surface area contributed by atoms with Crippen LogP contribution in [0, 0.1) is 5.92 Å². The molecule has 2 heterocycles. The van der Waals surface area contributed by atoms with Crippen molar-refractivity contribution in [2.45, 2.75) is 68.0 Å². The summed E-state index contributed by atoms with van der Waals surface area (Å²) < 4.78 is 1.52. The van der Waals surface area contributed by atoms with E-state index in [0.29, 0.717) is 28.1 Å². The van der Waals surface area contributed by atoms with Crippen LogP contribution in [0.15, 0.2) is 35.5 Å². The fourth-order valence-corrected chi connectivity index (χ4v) is 5.45. The van der Waals surface area contributed by atoms with Crippen LogP contribution in [0.4, 0.5) is 5.82 Å². The maximum absolute atomic E-state index is 11.2. The molecule has 2 aliphatic rings. The molecule has 6 unspecified atom stereocenters. The molecule has 2 aromatic heterocycles. The molecule has 0 radical (unpaired) electrons. The van der Waals surface area contributed by atoms with Gasteiger partial charge < -0.3 is 20.6 Å². The van der Waals surface area contributed by atoms with Crippen LogP contribution in [0.3, 0.4) is 0 Å². The molecule has 3 aromatic rings. The molecule has 0 amide bonds. The SMILES string of the molecule is CCCSc1nc(NC2CC2c2ccccc2)c2nnn(C3CC(CC(=O)O)C(O)C3O)c2n1. The Morgan fingerprint density at radius 2 is 1.97 bits per heavy atom. The maximum Gasteiger partial charge on any atom is 0.303 e. The number of carbonyl (C=O) groups is 1. The number of aliphatic hydroxyl groups excluding tert-OH is 2. The lowest BCUT2D eigenvalue weighted by atomic mass is 10.0. The van der Waals surface area contributed by atoms with E-state index in [2.05, 4.69) is 39.7 Å². The molecule has 2 fully saturated rings. The van der Waals surface area contributed by atoms with Crippen molar-refractivity contribution in [1.82, 2.24) is 25.0 Å². The van der Waals surface area contributed by atoms with Crippen LogP contribution in [0.1, 0.15) is 50.1 Å². The largest absolute Gasteiger partial charge is 0.481 e. The van der Waals surface area contributed by atoms with Gasteiger partial charge in [0.25, 0.3) is 0 Å². The number of aliphatic hydroxyl groups is 2. The standard InChI is InChI=1S/C23H28N6O4S/c1-2-8-34-23-25-21(24-15-11-14(15)12-6-4-3-5-7-12)18-22(26-23)29(28-27-18)16-9-13(10-17(30)31)19(32)20(16)33/h3-7,13-16,19-20,32-33H,2,8-11H2,1H3,(H,30,31)(H,24,25,26). The van der Waals surface area contributed by atoms with Crippen molar-refractivity contribution >= 4 is 34.7 Å². The van der Waals surface area contributed by atoms with Crippen LogP contribution in [0.2, 0.25) is 0 Å². The summed E-state index contributed by atoms with van der Waals surface area (Å²) in [5.74, 6) is 0.284. The molecule has 11 heteroatoms. The molecule has 10 nitrogen and oxygen atoms in total. The fraction of sp³-hybridized carbons (Fsp3) is 0.522. The number of nitrogens with one attached hydrogen (secondary N) is 1. The van der Waals surface area contributed by atoms with Crippen molar-refractivity contribution in [2.24, 2.45) is 5.92 Å². The van der Waals surface area contributed by atoms with Gasteiger partial charge in [0.2, 0.25) is 0 Å². The Morgan fingerprint density at radius 1 is 1.18 bits per heavy atom. The van der Waals surface area contributed by atoms with Crippen LogP contribution >= 0.6 is 11.8 Å². The minimum atomic E-state index is -1.15. The number of nitrogens with zero attached hydrogens (tertiary/aromatic N) is 5. The molecule has 4 N–H and O–H groups in total. The van der Waals surface area contributed by atoms with Crippen molar-refractivity contribution in [3.63, 3.8) is 0 Å². The van der Waals surface area contributed by atoms with Crippen LogP contribution in [-0.4, -0.2) is 70.3 Å². The quantitative estimate of drug-likeness (QED) is 0.264. The summed E-state index contributed by atoms with van der Waals surface area (Å²) in [6.07, 6.45) is -0.287. The maximum atomic E-state index is 11.2. The lowest BCUT2D eigenvalue weighted by Crippen LogP contribution is -2.30. The molecule has 0 saturated heterocycles. The van der Waals surface area contributed by atoms with Crippen molar-refractivity contribution in [3.05, 3.63) is 35.9 Å². The van der Waals surface area contributed by atoms with Gasteiger partial charge in [-0.25, -0.2) is 14.6 Å². The van der Waals surface area contributed by atoms with E-state index < -0.39 is 30.1 Å². The Kier molecular flexibility index (Phi) is 6.41. The molecule has 0 aliphatic heterocycles. The second kappa shape index (κ2) is 9.47. The van der Waals surface area contributed by atoms with Crippen molar-refractivity contribution in [1.29, 1.82) is 0 Å². The average molecular weight is 485 g/mol. The Labute approximate surface area is 200 Å². The molecule has 0 bridgehead atoms. The number of aliphatic carboxylic acids is 1. The fourth-order valence-electron chi connectivity index (χ4n) is 4.76. The lowest BCUT2D eigenvalue weighted by molar-refractivity contribution is -0.139. The molecular formula is C23H28N6O4S. The predicted molar refractivity (Wildman–Crippen MR) is 127 cm³/mol. The highest BCUT2D eigenvalue weighted by molar-refractivity contribution is 7.99. The third-order valence-corrected chi connectivity index (χ3v) is 7.65. The first-order chi connectivity index (χ1) is 16.5. The summed E-state index contributed by atoms with van der Waals surface area (Å²) in [4.78, 5) is 20.6. The summed E-state index contributed by atoms with van der Waals surface area (Å²) in [5.41, 5.74) is 2.25. The third kappa shape index (κ3) is 4.47. The number of benzene rings is 1. The number of hydrogen-bond donors (Lipinski definition) is 4. The Hall–Kier alpha value is -2.76. The van der Waals surface area contributed by atoms with Gasteiger partial charge in [0.1, 0.15) is 6.10 Å². The highest BCUT2D eigenvalue weighted by atomic mass is 32.2. The molecule has 5 rings (SSSR count). The second-order valence-corrected chi connectivity index (χ2v) is 10.1. The highest BCUT2D eigenvalue weighted by Crippen LogP contribution is 2.44. The van der Waals surface area contributed by atoms with Gasteiger partial charge in [-0.15, -0.1) is 5.10 Å². The third-order valence-electron chi connectivity index (χ3n) is 6.60. The monoisotopic (exact) mass is 484 g/mol. The van der Waals surface area contributed by atoms with Crippen molar-refractivity contribution in [2.75, 3.05) is 11.1 Å². The van der Waals surface area contributed by atoms with Gasteiger partial charge in [0.05, 0.1) is 18.6 Å². The number of hydrogen-bond acceptors (Lipinski definition) is 9. The molecule has 180 valence electrons. The van der Waals surface area contributed by atoms with Gasteiger partial charge in [-0.05, 0) is 30.7 Å². The minimum Gasteiger partial charge on any atom is -0.481 e. The summed E-state index contributed by atoms with van der Waals surface area (Å²) in [5, 5.41) is 42.9. The van der Waals surface area contributed by atoms with Crippen LogP contribution < -0.4 is 5.32 Å². The van der Waals surface area contributed by atoms with E-state index in [1.165, 1.54) is 22.0 Å². The molecule has 34 heavy (non-hydrogen) atoms. The zero-order valence-corrected chi connectivity index (χ0v) is 19.6. The predicted octanol–water partition coefficient (Wildman–Crippen LogP) is 2.45. The summed E-state index contributed by atoms with van der Waals surface area (Å²) in [6.45, 7) is 2.09. The zero-order valence-electron chi connectivity index (χ0n) is 18.8. The van der Waals surface area contributed by atoms with E-state index in [1.807, 2.05) is 18.2 Å². The summed E-state index contributed by atoms with van der Waals surface area (Å²) in [7, 11) is 0. The van der Waals surface area contributed by atoms with Gasteiger partial charge in [-0.1, -0.05) is 54.2 Å². The minimum absolute atomic E-state index is 0.219. The Morgan fingerprint density at radius 3 is 2.71 bits per heavy atom. The number of rotatable bonds is 9. The molecule has 6 atom stereocenters. The van der Waals surface area contributed by atoms with Gasteiger partial charge in [0.15, 0.2) is 22.1 Å². The van der Waals surface area contributed by atoms with Gasteiger partial charge in [-0.3, -0.25) is 4.79 Å². The molecule has 1 aromatic carbocycles. The molecule has 0 spiro atoms. The number of fused-ring (bicyclic) bond motifs is 1. The van der Waals surface area contributed by atoms with Gasteiger partial charge >= 0.3 is 5.97 Å². The van der Waals surface area contributed by atoms with Crippen LogP contribution in [0.5, 0.6) is 0 Å². The number of thioether (sulfide) groups is 1. The number of aromatic nitrogens is 5. The first-order valence-corrected chi connectivity index (χ1v) is 12.6. The zero-order chi connectivity index (χ0) is 23.8. The number of carboxylic acids is 1. The van der Waals surface area contributed by atoms with Gasteiger partial charge in [-0.2, -0.15) is 0 Å². The Balaban J connectivity index is 1.45. The van der Waals surface area contributed by atoms with E-state index in [4.69, 9.17) is 10.1 Å². The normalized spacial score (nSPS) is 28.3. The van der Waals surface area contributed by atoms with E-state index >= 15 is 0 Å². The first kappa shape index (κ1) is 23.0. The van der Waals surface area contributed by atoms with Gasteiger partial charge in [0, 0.05) is 17.7 Å². The second-order valence-electron chi connectivity index (χ2n) is 9.06. The first-order valence-electron chi connectivity index (χ1n) is 11.6. The van der Waals surface area contributed by atoms with E-state index in [1.54, 1.807) is 0 Å². The van der Waals surface area contributed by atoms with Crippen LogP contribution in [0.25, 0.3) is 11.2 Å². The smallest absolute Gasteiger partial charge is 0.303 e. The van der Waals surface area contributed by atoms with Crippen LogP contribution in [-0.2, 0) is 4.79 Å². The van der Waals surface area contributed by atoms with Crippen molar-refractivity contribution in [3.8, 4) is 0 Å². The van der Waals surface area contributed by atoms with E-state index in [-0.39, 0.29) is 18.9 Å². The molecular weight excluding hydrogens is 456 g/mol. The lowest BCUT2D eigenvalue weighted by Gasteiger charge is -2.17. The number of anilines is 1.